The van der Waals surface area contributed by atoms with Crippen molar-refractivity contribution in [3.63, 3.8) is 0 Å². The van der Waals surface area contributed by atoms with Gasteiger partial charge in [0.2, 0.25) is 0 Å². The monoisotopic (exact) mass is 419 g/mol. The highest BCUT2D eigenvalue weighted by molar-refractivity contribution is 6.30. The van der Waals surface area contributed by atoms with Crippen molar-refractivity contribution in [2.24, 2.45) is 28.8 Å². The van der Waals surface area contributed by atoms with Crippen LogP contribution in [0.25, 0.3) is 0 Å². The van der Waals surface area contributed by atoms with Crippen LogP contribution in [0.3, 0.4) is 0 Å². The highest BCUT2D eigenvalue weighted by atomic mass is 35.5. The molecular weight excluding hydrogens is 394 g/mol. The third-order valence-corrected chi connectivity index (χ3v) is 8.44. The lowest BCUT2D eigenvalue weighted by atomic mass is 9.44. The van der Waals surface area contributed by atoms with Crippen molar-refractivity contribution >= 4 is 29.0 Å². The quantitative estimate of drug-likeness (QED) is 0.579. The lowest BCUT2D eigenvalue weighted by Crippen LogP contribution is -2.54. The van der Waals surface area contributed by atoms with Crippen LogP contribution < -0.4 is 10.7 Å². The summed E-state index contributed by atoms with van der Waals surface area (Å²) >= 11 is 5.92. The first-order valence-electron chi connectivity index (χ1n) is 11.1. The summed E-state index contributed by atoms with van der Waals surface area (Å²) in [7, 11) is 0. The first-order valence-corrected chi connectivity index (χ1v) is 11.5. The Morgan fingerprint density at radius 1 is 0.933 bits per heavy atom. The Hall–Kier alpha value is -2.33. The molecule has 0 aromatic heterocycles. The van der Waals surface area contributed by atoms with Crippen LogP contribution in [0.5, 0.6) is 0 Å². The van der Waals surface area contributed by atoms with E-state index < -0.39 is 0 Å². The Morgan fingerprint density at radius 3 is 2.30 bits per heavy atom. The molecule has 0 aliphatic heterocycles. The van der Waals surface area contributed by atoms with Gasteiger partial charge in [-0.2, -0.15) is 5.10 Å². The number of amides is 2. The minimum atomic E-state index is -0.326. The largest absolute Gasteiger partial charge is 0.339 e. The maximum atomic E-state index is 12.4. The van der Waals surface area contributed by atoms with E-state index in [1.54, 1.807) is 24.3 Å². The number of hydrogen-bond acceptors (Lipinski definition) is 2. The third-order valence-electron chi connectivity index (χ3n) is 8.19. The van der Waals surface area contributed by atoms with Crippen LogP contribution in [0.15, 0.2) is 53.6 Å². The van der Waals surface area contributed by atoms with E-state index in [2.05, 4.69) is 40.1 Å². The number of urea groups is 1. The zero-order chi connectivity index (χ0) is 20.3. The van der Waals surface area contributed by atoms with Crippen molar-refractivity contribution in [1.82, 2.24) is 5.43 Å². The van der Waals surface area contributed by atoms with Crippen LogP contribution in [0, 0.1) is 23.7 Å². The lowest BCUT2D eigenvalue weighted by molar-refractivity contribution is -0.0557. The van der Waals surface area contributed by atoms with Gasteiger partial charge < -0.3 is 5.32 Å². The average molecular weight is 420 g/mol. The van der Waals surface area contributed by atoms with Gasteiger partial charge in [-0.15, -0.1) is 0 Å². The molecule has 7 rings (SSSR count). The van der Waals surface area contributed by atoms with Crippen LogP contribution >= 0.6 is 11.6 Å². The predicted octanol–water partition coefficient (Wildman–Crippen LogP) is 5.96. The molecule has 2 N–H and O–H groups in total. The standard InChI is InChI=1S/C25H26ClN3O/c26-19-5-7-20(8-6-19)27-24(30)29-28-23-14-25(22-4-2-1-3-21(22)23)17-10-15-9-16(12-17)13-18(25)11-15/h1-8,15-18H,9-14H2,(H2,27,29,30)/b28-23+. The number of nitrogens with one attached hydrogen (secondary N) is 2. The second-order valence-corrected chi connectivity index (χ2v) is 10.1. The van der Waals surface area contributed by atoms with Crippen LogP contribution in [-0.2, 0) is 5.41 Å². The van der Waals surface area contributed by atoms with Gasteiger partial charge in [0.15, 0.2) is 0 Å². The number of carbonyl (C=O) groups excluding carboxylic acids is 1. The van der Waals surface area contributed by atoms with E-state index in [1.165, 1.54) is 43.2 Å². The van der Waals surface area contributed by atoms with Crippen molar-refractivity contribution in [1.29, 1.82) is 0 Å². The second kappa shape index (κ2) is 6.84. The number of rotatable bonds is 2. The van der Waals surface area contributed by atoms with Crippen LogP contribution in [0.2, 0.25) is 5.02 Å². The van der Waals surface area contributed by atoms with Gasteiger partial charge in [0.25, 0.3) is 0 Å². The summed E-state index contributed by atoms with van der Waals surface area (Å²) in [6.45, 7) is 0. The van der Waals surface area contributed by atoms with Crippen molar-refractivity contribution in [3.8, 4) is 0 Å². The first kappa shape index (κ1) is 18.4. The molecule has 4 bridgehead atoms. The van der Waals surface area contributed by atoms with E-state index >= 15 is 0 Å². The Labute approximate surface area is 182 Å². The highest BCUT2D eigenvalue weighted by Crippen LogP contribution is 2.66. The van der Waals surface area contributed by atoms with Crippen LogP contribution in [0.4, 0.5) is 10.5 Å². The summed E-state index contributed by atoms with van der Waals surface area (Å²) in [6.07, 6.45) is 7.91. The smallest absolute Gasteiger partial charge is 0.307 e. The molecular formula is C25H26ClN3O. The van der Waals surface area contributed by atoms with E-state index in [0.717, 1.165) is 35.8 Å². The molecule has 5 heteroatoms. The molecule has 2 aromatic carbocycles. The molecule has 5 aliphatic rings. The third kappa shape index (κ3) is 2.80. The number of nitrogens with zero attached hydrogens (tertiary/aromatic N) is 1. The summed E-state index contributed by atoms with van der Waals surface area (Å²) < 4.78 is 0. The number of fused-ring (bicyclic) bond motifs is 1. The Kier molecular flexibility index (Phi) is 4.21. The fraction of sp³-hybridized carbons (Fsp3) is 0.440. The molecule has 30 heavy (non-hydrogen) atoms. The molecule has 0 heterocycles. The fourth-order valence-corrected chi connectivity index (χ4v) is 7.40. The Bertz CT molecular complexity index is 1000. The minimum absolute atomic E-state index is 0.233. The summed E-state index contributed by atoms with van der Waals surface area (Å²) in [4.78, 5) is 12.4. The van der Waals surface area contributed by atoms with Crippen LogP contribution in [-0.4, -0.2) is 11.7 Å². The van der Waals surface area contributed by atoms with E-state index in [-0.39, 0.29) is 11.4 Å². The number of halogens is 1. The molecule has 2 aromatic rings. The molecule has 0 saturated heterocycles. The van der Waals surface area contributed by atoms with Gasteiger partial charge in [0, 0.05) is 28.1 Å². The summed E-state index contributed by atoms with van der Waals surface area (Å²) in [5, 5.41) is 8.08. The molecule has 154 valence electrons. The topological polar surface area (TPSA) is 53.5 Å². The van der Waals surface area contributed by atoms with E-state index in [9.17, 15) is 4.79 Å². The number of carbonyl (C=O) groups is 1. The second-order valence-electron chi connectivity index (χ2n) is 9.70. The number of hydrazone groups is 1. The number of hydrogen-bond donors (Lipinski definition) is 2. The van der Waals surface area contributed by atoms with Gasteiger partial charge >= 0.3 is 6.03 Å². The van der Waals surface area contributed by atoms with Gasteiger partial charge in [-0.3, -0.25) is 0 Å². The van der Waals surface area contributed by atoms with Gasteiger partial charge in [-0.05, 0) is 85.6 Å². The van der Waals surface area contributed by atoms with Gasteiger partial charge in [0.05, 0.1) is 5.71 Å². The molecule has 4 saturated carbocycles. The maximum Gasteiger partial charge on any atom is 0.339 e. The van der Waals surface area contributed by atoms with Gasteiger partial charge in [0.1, 0.15) is 0 Å². The fourth-order valence-electron chi connectivity index (χ4n) is 7.27. The molecule has 0 radical (unpaired) electrons. The summed E-state index contributed by atoms with van der Waals surface area (Å²) in [6, 6.07) is 15.5. The molecule has 2 amide bonds. The van der Waals surface area contributed by atoms with Crippen molar-refractivity contribution in [2.75, 3.05) is 5.32 Å². The van der Waals surface area contributed by atoms with Crippen LogP contribution in [0.1, 0.15) is 49.7 Å². The molecule has 0 atom stereocenters. The van der Waals surface area contributed by atoms with Crippen molar-refractivity contribution in [2.45, 2.75) is 43.9 Å². The van der Waals surface area contributed by atoms with Gasteiger partial charge in [-0.25, -0.2) is 10.2 Å². The molecule has 0 unspecified atom stereocenters. The molecule has 5 aliphatic carbocycles. The summed E-state index contributed by atoms with van der Waals surface area (Å²) in [5.41, 5.74) is 7.42. The number of benzene rings is 2. The zero-order valence-electron chi connectivity index (χ0n) is 16.9. The Morgan fingerprint density at radius 2 is 1.60 bits per heavy atom. The minimum Gasteiger partial charge on any atom is -0.307 e. The molecule has 1 spiro atoms. The van der Waals surface area contributed by atoms with Crippen molar-refractivity contribution < 1.29 is 4.79 Å². The molecule has 4 fully saturated rings. The highest BCUT2D eigenvalue weighted by Gasteiger charge is 2.60. The predicted molar refractivity (Wildman–Crippen MR) is 120 cm³/mol. The first-order chi connectivity index (χ1) is 14.6. The van der Waals surface area contributed by atoms with E-state index in [0.29, 0.717) is 10.7 Å². The van der Waals surface area contributed by atoms with Gasteiger partial charge in [-0.1, -0.05) is 35.9 Å². The van der Waals surface area contributed by atoms with E-state index in [4.69, 9.17) is 11.6 Å². The Balaban J connectivity index is 1.27. The average Bonchev–Trinajstić information content (AvgIpc) is 3.07. The van der Waals surface area contributed by atoms with E-state index in [1.807, 2.05) is 0 Å². The summed E-state index contributed by atoms with van der Waals surface area (Å²) in [5.74, 6) is 3.42. The lowest BCUT2D eigenvalue weighted by Gasteiger charge is -2.60. The maximum absolute atomic E-state index is 12.4. The van der Waals surface area contributed by atoms with Crippen molar-refractivity contribution in [3.05, 3.63) is 64.7 Å². The normalized spacial score (nSPS) is 34.4. The molecule has 4 nitrogen and oxygen atoms in total. The SMILES string of the molecule is O=C(N/N=C1\CC2(c3ccccc31)C1CC3CC(C1)CC2C3)Nc1ccc(Cl)cc1. The zero-order valence-corrected chi connectivity index (χ0v) is 17.7. The number of anilines is 1.